The zero-order valence-electron chi connectivity index (χ0n) is 16.1. The molecule has 3 aromatic rings. The number of nitrogens with one attached hydrogen (secondary N) is 2. The van der Waals surface area contributed by atoms with Crippen molar-refractivity contribution in [1.82, 2.24) is 5.32 Å². The number of hydrogen-bond donors (Lipinski definition) is 2. The topological polar surface area (TPSA) is 67.4 Å². The monoisotopic (exact) mass is 446 g/mol. The standard InChI is InChI=1S/C22H17Cl2FN2O3/c1-12-11-18(26-22(29)27-21(28)16-5-3-4-6-17(16)25)13(2)19(24)20(12)30-15-9-7-14(23)8-10-15/h3-11H,1-2H3,(H2,26,27,28,29). The van der Waals surface area contributed by atoms with Crippen LogP contribution in [0.1, 0.15) is 21.5 Å². The summed E-state index contributed by atoms with van der Waals surface area (Å²) in [4.78, 5) is 24.3. The lowest BCUT2D eigenvalue weighted by atomic mass is 10.1. The molecule has 0 radical (unpaired) electrons. The molecule has 0 aliphatic carbocycles. The Morgan fingerprint density at radius 1 is 1.00 bits per heavy atom. The summed E-state index contributed by atoms with van der Waals surface area (Å²) in [5.74, 6) is -0.585. The van der Waals surface area contributed by atoms with E-state index in [9.17, 15) is 14.0 Å². The molecule has 0 bridgehead atoms. The van der Waals surface area contributed by atoms with Gasteiger partial charge in [0.25, 0.3) is 5.91 Å². The molecule has 3 rings (SSSR count). The Hall–Kier alpha value is -3.09. The number of amides is 3. The number of halogens is 3. The number of urea groups is 1. The predicted octanol–water partition coefficient (Wildman–Crippen LogP) is 6.50. The maximum absolute atomic E-state index is 13.7. The first-order valence-corrected chi connectivity index (χ1v) is 9.62. The van der Waals surface area contributed by atoms with Crippen molar-refractivity contribution in [2.75, 3.05) is 5.32 Å². The molecule has 0 saturated carbocycles. The van der Waals surface area contributed by atoms with Gasteiger partial charge in [0.05, 0.1) is 10.6 Å². The maximum atomic E-state index is 13.7. The van der Waals surface area contributed by atoms with E-state index in [4.69, 9.17) is 27.9 Å². The van der Waals surface area contributed by atoms with Crippen molar-refractivity contribution < 1.29 is 18.7 Å². The van der Waals surface area contributed by atoms with Crippen LogP contribution >= 0.6 is 23.2 Å². The summed E-state index contributed by atoms with van der Waals surface area (Å²) < 4.78 is 19.6. The first-order valence-electron chi connectivity index (χ1n) is 8.86. The molecule has 2 N–H and O–H groups in total. The number of aryl methyl sites for hydroxylation is 1. The van der Waals surface area contributed by atoms with Crippen LogP contribution in [0.5, 0.6) is 11.5 Å². The fourth-order valence-corrected chi connectivity index (χ4v) is 3.11. The molecule has 154 valence electrons. The second-order valence-corrected chi connectivity index (χ2v) is 7.27. The number of imide groups is 1. The van der Waals surface area contributed by atoms with Crippen molar-refractivity contribution in [2.45, 2.75) is 13.8 Å². The molecule has 3 amide bonds. The van der Waals surface area contributed by atoms with Gasteiger partial charge in [-0.3, -0.25) is 10.1 Å². The van der Waals surface area contributed by atoms with Gasteiger partial charge in [0, 0.05) is 10.7 Å². The van der Waals surface area contributed by atoms with Gasteiger partial charge in [-0.1, -0.05) is 35.3 Å². The molecule has 8 heteroatoms. The van der Waals surface area contributed by atoms with Gasteiger partial charge in [0.2, 0.25) is 0 Å². The van der Waals surface area contributed by atoms with Crippen LogP contribution in [-0.2, 0) is 0 Å². The third kappa shape index (κ3) is 4.90. The molecule has 5 nitrogen and oxygen atoms in total. The van der Waals surface area contributed by atoms with Gasteiger partial charge in [0.1, 0.15) is 17.3 Å². The van der Waals surface area contributed by atoms with E-state index in [1.807, 2.05) is 0 Å². The molecule has 0 heterocycles. The highest BCUT2D eigenvalue weighted by atomic mass is 35.5. The minimum absolute atomic E-state index is 0.231. The van der Waals surface area contributed by atoms with E-state index < -0.39 is 17.8 Å². The Kier molecular flexibility index (Phi) is 6.59. The van der Waals surface area contributed by atoms with Gasteiger partial charge >= 0.3 is 6.03 Å². The summed E-state index contributed by atoms with van der Waals surface area (Å²) in [6.45, 7) is 3.47. The first kappa shape index (κ1) is 21.6. The highest BCUT2D eigenvalue weighted by molar-refractivity contribution is 6.33. The molecule has 0 aromatic heterocycles. The van der Waals surface area contributed by atoms with Crippen LogP contribution < -0.4 is 15.4 Å². The van der Waals surface area contributed by atoms with Crippen LogP contribution in [0.15, 0.2) is 54.6 Å². The number of hydrogen-bond acceptors (Lipinski definition) is 3. The Bertz CT molecular complexity index is 1120. The zero-order chi connectivity index (χ0) is 21.8. The molecule has 0 aliphatic rings. The lowest BCUT2D eigenvalue weighted by Crippen LogP contribution is -2.35. The van der Waals surface area contributed by atoms with Crippen molar-refractivity contribution >= 4 is 40.8 Å². The fourth-order valence-electron chi connectivity index (χ4n) is 2.70. The number of carbonyl (C=O) groups excluding carboxylic acids is 2. The van der Waals surface area contributed by atoms with E-state index in [1.54, 1.807) is 44.2 Å². The second kappa shape index (κ2) is 9.15. The van der Waals surface area contributed by atoms with Crippen molar-refractivity contribution in [3.05, 3.63) is 87.2 Å². The van der Waals surface area contributed by atoms with E-state index in [0.717, 1.165) is 6.07 Å². The number of carbonyl (C=O) groups is 2. The van der Waals surface area contributed by atoms with E-state index in [2.05, 4.69) is 10.6 Å². The summed E-state index contributed by atoms with van der Waals surface area (Å²) in [6.07, 6.45) is 0. The molecule has 0 fully saturated rings. The van der Waals surface area contributed by atoms with Gasteiger partial charge in [0.15, 0.2) is 0 Å². The minimum atomic E-state index is -0.853. The fraction of sp³-hybridized carbons (Fsp3) is 0.0909. The smallest absolute Gasteiger partial charge is 0.326 e. The van der Waals surface area contributed by atoms with Crippen LogP contribution in [-0.4, -0.2) is 11.9 Å². The molecule has 0 aliphatic heterocycles. The van der Waals surface area contributed by atoms with Crippen LogP contribution in [0.25, 0.3) is 0 Å². The van der Waals surface area contributed by atoms with Crippen molar-refractivity contribution in [2.24, 2.45) is 0 Å². The molecule has 0 saturated heterocycles. The zero-order valence-corrected chi connectivity index (χ0v) is 17.6. The summed E-state index contributed by atoms with van der Waals surface area (Å²) >= 11 is 12.3. The van der Waals surface area contributed by atoms with Crippen LogP contribution in [0, 0.1) is 19.7 Å². The lowest BCUT2D eigenvalue weighted by Gasteiger charge is -2.17. The second-order valence-electron chi connectivity index (χ2n) is 6.45. The Morgan fingerprint density at radius 2 is 1.67 bits per heavy atom. The summed E-state index contributed by atoms with van der Waals surface area (Å²) in [7, 11) is 0. The largest absolute Gasteiger partial charge is 0.456 e. The summed E-state index contributed by atoms with van der Waals surface area (Å²) in [5.41, 5.74) is 1.36. The van der Waals surface area contributed by atoms with Crippen LogP contribution in [0.4, 0.5) is 14.9 Å². The molecule has 30 heavy (non-hydrogen) atoms. The van der Waals surface area contributed by atoms with E-state index in [-0.39, 0.29) is 5.56 Å². The van der Waals surface area contributed by atoms with Gasteiger partial charge in [-0.2, -0.15) is 0 Å². The number of benzene rings is 3. The van der Waals surface area contributed by atoms with Gasteiger partial charge < -0.3 is 10.1 Å². The van der Waals surface area contributed by atoms with Crippen molar-refractivity contribution in [3.8, 4) is 11.5 Å². The minimum Gasteiger partial charge on any atom is -0.456 e. The quantitative estimate of drug-likeness (QED) is 0.480. The summed E-state index contributed by atoms with van der Waals surface area (Å²) in [5, 5.41) is 5.54. The van der Waals surface area contributed by atoms with Crippen molar-refractivity contribution in [3.63, 3.8) is 0 Å². The Labute approximate surface area is 182 Å². The summed E-state index contributed by atoms with van der Waals surface area (Å²) in [6, 6.07) is 13.0. The van der Waals surface area contributed by atoms with Gasteiger partial charge in [-0.05, 0) is 67.4 Å². The van der Waals surface area contributed by atoms with E-state index in [0.29, 0.717) is 38.4 Å². The van der Waals surface area contributed by atoms with E-state index in [1.165, 1.54) is 18.2 Å². The average molecular weight is 447 g/mol. The van der Waals surface area contributed by atoms with Gasteiger partial charge in [-0.15, -0.1) is 0 Å². The Morgan fingerprint density at radius 3 is 2.33 bits per heavy atom. The molecular formula is C22H17Cl2FN2O3. The van der Waals surface area contributed by atoms with Crippen LogP contribution in [0.3, 0.4) is 0 Å². The first-order chi connectivity index (χ1) is 14.3. The molecule has 0 atom stereocenters. The highest BCUT2D eigenvalue weighted by Crippen LogP contribution is 2.39. The molecule has 0 unspecified atom stereocenters. The maximum Gasteiger partial charge on any atom is 0.326 e. The normalized spacial score (nSPS) is 10.4. The number of anilines is 1. The third-order valence-electron chi connectivity index (χ3n) is 4.28. The average Bonchev–Trinajstić information content (AvgIpc) is 2.71. The Balaban J connectivity index is 1.76. The molecular weight excluding hydrogens is 430 g/mol. The molecule has 3 aromatic carbocycles. The number of ether oxygens (including phenoxy) is 1. The van der Waals surface area contributed by atoms with Crippen LogP contribution in [0.2, 0.25) is 10.0 Å². The lowest BCUT2D eigenvalue weighted by molar-refractivity contribution is 0.0963. The highest BCUT2D eigenvalue weighted by Gasteiger charge is 2.18. The molecule has 0 spiro atoms. The SMILES string of the molecule is Cc1cc(NC(=O)NC(=O)c2ccccc2F)c(C)c(Cl)c1Oc1ccc(Cl)cc1. The number of rotatable bonds is 4. The van der Waals surface area contributed by atoms with Crippen molar-refractivity contribution in [1.29, 1.82) is 0 Å². The van der Waals surface area contributed by atoms with E-state index >= 15 is 0 Å². The van der Waals surface area contributed by atoms with Gasteiger partial charge in [-0.25, -0.2) is 9.18 Å². The predicted molar refractivity (Wildman–Crippen MR) is 115 cm³/mol. The third-order valence-corrected chi connectivity index (χ3v) is 4.99.